The number of pyridine rings is 2. The first kappa shape index (κ1) is 70.7. The number of Topliss-reactive ketones (excluding diaryl/α,β-unsaturated/α-hetero) is 1. The zero-order chi connectivity index (χ0) is 68.8. The molecule has 0 radical (unpaired) electrons. The van der Waals surface area contributed by atoms with Gasteiger partial charge in [0.05, 0.1) is 67.3 Å². The third-order valence-corrected chi connectivity index (χ3v) is 21.2. The highest BCUT2D eigenvalue weighted by atomic mass is 35.5. The molecule has 6 aromatic rings. The number of hydrogen-bond donors (Lipinski definition) is 1. The van der Waals surface area contributed by atoms with Crippen LogP contribution in [0.1, 0.15) is 144 Å². The van der Waals surface area contributed by atoms with Crippen molar-refractivity contribution in [2.45, 2.75) is 181 Å². The number of nitriles is 2. The van der Waals surface area contributed by atoms with Crippen molar-refractivity contribution in [3.05, 3.63) is 148 Å². The first-order valence-corrected chi connectivity index (χ1v) is 32.6. The Morgan fingerprint density at radius 2 is 1.10 bits per heavy atom. The molecule has 0 unspecified atom stereocenters. The maximum absolute atomic E-state index is 14.8. The van der Waals surface area contributed by atoms with E-state index in [0.29, 0.717) is 33.5 Å². The van der Waals surface area contributed by atoms with Gasteiger partial charge < -0.3 is 14.6 Å². The number of halogens is 11. The monoisotopic (exact) mass is 1370 g/mol. The number of hydrogen-bond acceptors (Lipinski definition) is 16. The highest BCUT2D eigenvalue weighted by Crippen LogP contribution is 2.44. The summed E-state index contributed by atoms with van der Waals surface area (Å²) in [6, 6.07) is 10.5. The molecule has 2 saturated carbocycles. The van der Waals surface area contributed by atoms with E-state index < -0.39 is 122 Å². The summed E-state index contributed by atoms with van der Waals surface area (Å²) < 4.78 is 198. The average Bonchev–Trinajstić information content (AvgIpc) is 1.62. The van der Waals surface area contributed by atoms with Crippen LogP contribution < -0.4 is 10.8 Å². The van der Waals surface area contributed by atoms with E-state index in [9.17, 15) is 80.9 Å². The molecule has 0 bridgehead atoms. The van der Waals surface area contributed by atoms with E-state index in [0.717, 1.165) is 108 Å². The fraction of sp³-hybridized carbons (Fsp3) is 0.443. The van der Waals surface area contributed by atoms with Crippen LogP contribution in [-0.4, -0.2) is 122 Å². The number of alkyl halides is 8. The molecule has 2 aliphatic carbocycles. The maximum atomic E-state index is 14.8. The first-order valence-electron chi connectivity index (χ1n) is 29.3. The highest BCUT2D eigenvalue weighted by molar-refractivity contribution is 7.89. The number of aromatic nitrogens is 6. The van der Waals surface area contributed by atoms with E-state index in [4.69, 9.17) is 20.9 Å². The van der Waals surface area contributed by atoms with Crippen LogP contribution in [0.3, 0.4) is 0 Å². The smallest absolute Gasteiger partial charge is 0.399 e. The average molecular weight is 1370 g/mol. The molecule has 0 spiro atoms. The van der Waals surface area contributed by atoms with E-state index >= 15 is 0 Å². The minimum Gasteiger partial charge on any atom is -0.399 e. The fourth-order valence-corrected chi connectivity index (χ4v) is 14.7. The van der Waals surface area contributed by atoms with Crippen molar-refractivity contribution in [3.8, 4) is 23.4 Å². The summed E-state index contributed by atoms with van der Waals surface area (Å²) in [5.41, 5.74) is 2.14. The predicted molar refractivity (Wildman–Crippen MR) is 317 cm³/mol. The largest absolute Gasteiger partial charge is 0.498 e. The van der Waals surface area contributed by atoms with Gasteiger partial charge in [0, 0.05) is 73.5 Å². The number of ketones is 1. The minimum atomic E-state index is -4.73. The molecule has 94 heavy (non-hydrogen) atoms. The molecule has 4 aromatic heterocycles. The number of carbonyl (C=O) groups is 2. The second-order valence-corrected chi connectivity index (χ2v) is 28.1. The Bertz CT molecular complexity index is 4130. The van der Waals surface area contributed by atoms with Crippen molar-refractivity contribution in [2.75, 3.05) is 0 Å². The summed E-state index contributed by atoms with van der Waals surface area (Å²) in [6.07, 6.45) is -5.92. The van der Waals surface area contributed by atoms with Crippen LogP contribution in [0.2, 0.25) is 5.15 Å². The first-order chi connectivity index (χ1) is 44.0. The molecule has 3 saturated heterocycles. The summed E-state index contributed by atoms with van der Waals surface area (Å²) in [6.45, 7) is 10.1. The fourth-order valence-electron chi connectivity index (χ4n) is 10.8. The Kier molecular flexibility index (Phi) is 20.5. The molecule has 33 heteroatoms. The van der Waals surface area contributed by atoms with Crippen LogP contribution in [0.15, 0.2) is 95.2 Å². The lowest BCUT2D eigenvalue weighted by Gasteiger charge is -2.32. The zero-order valence-corrected chi connectivity index (χ0v) is 53.2. The van der Waals surface area contributed by atoms with Crippen LogP contribution in [0.5, 0.6) is 0 Å². The number of amides is 1. The van der Waals surface area contributed by atoms with Gasteiger partial charge in [0.1, 0.15) is 47.3 Å². The minimum absolute atomic E-state index is 0.0231. The Hall–Kier alpha value is -7.59. The second kappa shape index (κ2) is 27.3. The molecular formula is C61H59BClF10N11O8S2. The number of carbonyl (C=O) groups excluding carboxylic acids is 2. The van der Waals surface area contributed by atoms with Gasteiger partial charge in [-0.05, 0) is 145 Å². The maximum Gasteiger partial charge on any atom is 0.498 e. The van der Waals surface area contributed by atoms with E-state index in [1.165, 1.54) is 26.0 Å². The Morgan fingerprint density at radius 3 is 1.54 bits per heavy atom. The molecule has 7 heterocycles. The van der Waals surface area contributed by atoms with Crippen LogP contribution in [0.25, 0.3) is 11.3 Å². The van der Waals surface area contributed by atoms with E-state index in [1.807, 2.05) is 27.7 Å². The van der Waals surface area contributed by atoms with Crippen molar-refractivity contribution in [1.82, 2.24) is 43.8 Å². The van der Waals surface area contributed by atoms with Crippen molar-refractivity contribution in [3.63, 3.8) is 0 Å². The number of benzene rings is 2. The van der Waals surface area contributed by atoms with Crippen molar-refractivity contribution < 1.29 is 79.6 Å². The van der Waals surface area contributed by atoms with Gasteiger partial charge in [-0.3, -0.25) is 14.6 Å². The quantitative estimate of drug-likeness (QED) is 0.0569. The molecule has 1 N–H and O–H groups in total. The Morgan fingerprint density at radius 1 is 0.670 bits per heavy atom. The molecule has 11 rings (SSSR count). The van der Waals surface area contributed by atoms with Gasteiger partial charge in [-0.2, -0.15) is 45.5 Å². The molecule has 5 fully saturated rings. The van der Waals surface area contributed by atoms with Gasteiger partial charge in [-0.15, -0.1) is 0 Å². The van der Waals surface area contributed by atoms with E-state index in [1.54, 1.807) is 0 Å². The molecular weight excluding hydrogens is 1320 g/mol. The van der Waals surface area contributed by atoms with Crippen molar-refractivity contribution >= 4 is 55.9 Å². The Labute approximate surface area is 539 Å². The molecule has 3 aliphatic heterocycles. The summed E-state index contributed by atoms with van der Waals surface area (Å²) in [4.78, 5) is 48.0. The third-order valence-electron chi connectivity index (χ3n) is 16.9. The van der Waals surface area contributed by atoms with E-state index in [2.05, 4.69) is 47.4 Å². The lowest BCUT2D eigenvalue weighted by atomic mass is 9.81. The lowest BCUT2D eigenvalue weighted by molar-refractivity contribution is -0.145. The summed E-state index contributed by atoms with van der Waals surface area (Å²) in [5.74, 6) is -4.89. The van der Waals surface area contributed by atoms with Gasteiger partial charge in [0.2, 0.25) is 37.6 Å². The SMILES string of the molecule is CC1(C)OB(c2cnc(C(F)(F)F)nc2)OC1(C)C.C[C@H]1[C@H](F)C[C@@H](C(=O)CCc2cc(-c3cnc(C(F)(F)F)nc3)nc(C3CC3)c2C#N)N1S(=O)(=O)c1ccc(F)cc1.C[C@H]1[C@H](F)C[C@@H](C(=O)NCc2cc(Cl)nc(C3CC3)c2C#N)N1S(=O)(=O)c1ccc(F)cc1. The molecule has 6 atom stereocenters. The number of aryl methyl sites for hydroxylation is 1. The van der Waals surface area contributed by atoms with Gasteiger partial charge >= 0.3 is 19.5 Å². The zero-order valence-electron chi connectivity index (χ0n) is 50.9. The van der Waals surface area contributed by atoms with Gasteiger partial charge in [0.15, 0.2) is 5.78 Å². The number of nitrogens with zero attached hydrogens (tertiary/aromatic N) is 10. The van der Waals surface area contributed by atoms with Crippen molar-refractivity contribution in [2.24, 2.45) is 0 Å². The van der Waals surface area contributed by atoms with Crippen LogP contribution in [-0.2, 0) is 64.3 Å². The number of rotatable bonds is 15. The molecule has 2 aromatic carbocycles. The Balaban J connectivity index is 0.000000178. The molecule has 1 amide bonds. The molecule has 498 valence electrons. The van der Waals surface area contributed by atoms with E-state index in [-0.39, 0.29) is 75.8 Å². The van der Waals surface area contributed by atoms with Gasteiger partial charge in [0.25, 0.3) is 0 Å². The summed E-state index contributed by atoms with van der Waals surface area (Å²) in [5, 5.41) is 22.3. The van der Waals surface area contributed by atoms with Gasteiger partial charge in [-0.1, -0.05) is 11.6 Å². The second-order valence-electron chi connectivity index (χ2n) is 24.1. The molecule has 19 nitrogen and oxygen atoms in total. The van der Waals surface area contributed by atoms with Crippen LogP contribution in [0.4, 0.5) is 43.9 Å². The van der Waals surface area contributed by atoms with Crippen molar-refractivity contribution in [1.29, 1.82) is 10.5 Å². The topological polar surface area (TPSA) is 264 Å². The predicted octanol–water partition coefficient (Wildman–Crippen LogP) is 10.4. The number of sulfonamides is 2. The third kappa shape index (κ3) is 15.4. The summed E-state index contributed by atoms with van der Waals surface area (Å²) in [7, 11) is -9.36. The van der Waals surface area contributed by atoms with Crippen LogP contribution >= 0.6 is 11.6 Å². The lowest BCUT2D eigenvalue weighted by Crippen LogP contribution is -2.48. The molecule has 5 aliphatic rings. The number of nitrogens with one attached hydrogen (secondary N) is 1. The van der Waals surface area contributed by atoms with Crippen LogP contribution in [0, 0.1) is 34.3 Å². The standard InChI is InChI=1S/C28H24F5N5O3S.C22H21ClF2N4O3S.C11H14BF3N2O2/c1-15-22(30)11-24(38(15)42(40,41)20-7-5-19(29)6-8-20)25(39)9-4-17-10-23(37-26(16-2-3-16)21(17)12-34)18-13-35-27(36-14-18)28(31,32)33;1-12-18(25)9-19(29(12)33(31,32)16-6-4-15(24)5-7-16)22(30)27-11-14-8-20(23)28-21(13-2-3-13)17(14)10-26;1-9(2)10(3,4)19-12(18-9)7-5-16-8(17-6-7)11(13,14)15/h5-8,10,13-16,22,24H,2-4,9,11H2,1H3;4-8,12-13,18-19H,2-3,9,11H2,1H3,(H,27,30);5-6H,1-4H3/t15-,22+,24-;12-,18+,19-;/m00./s1. The highest BCUT2D eigenvalue weighted by Gasteiger charge is 2.53. The normalized spacial score (nSPS) is 22.1. The van der Waals surface area contributed by atoms with Gasteiger partial charge in [-0.25, -0.2) is 59.3 Å². The summed E-state index contributed by atoms with van der Waals surface area (Å²) >= 11 is 6.10.